The van der Waals surface area contributed by atoms with Gasteiger partial charge in [0.25, 0.3) is 0 Å². The third-order valence-corrected chi connectivity index (χ3v) is 5.94. The smallest absolute Gasteiger partial charge is 0.243 e. The van der Waals surface area contributed by atoms with E-state index in [0.717, 1.165) is 16.8 Å². The summed E-state index contributed by atoms with van der Waals surface area (Å²) in [5.41, 5.74) is 8.95. The molecule has 2 aromatic carbocycles. The number of hydrogen-bond donors (Lipinski definition) is 2. The maximum absolute atomic E-state index is 13.7. The molecule has 5 rings (SSSR count). The maximum Gasteiger partial charge on any atom is 0.243 e. The molecule has 3 aromatic rings. The number of nitrogens with one attached hydrogen (secondary N) is 1. The summed E-state index contributed by atoms with van der Waals surface area (Å²) in [6.45, 7) is 3.73. The first-order valence-electron chi connectivity index (χ1n) is 9.98. The van der Waals surface area contributed by atoms with E-state index < -0.39 is 11.3 Å². The number of rotatable bonds is 3. The van der Waals surface area contributed by atoms with Crippen molar-refractivity contribution in [2.24, 2.45) is 5.73 Å². The van der Waals surface area contributed by atoms with Gasteiger partial charge in [-0.1, -0.05) is 24.3 Å². The molecule has 3 heterocycles. The summed E-state index contributed by atoms with van der Waals surface area (Å²) in [5.74, 6) is -0.789. The van der Waals surface area contributed by atoms with E-state index in [1.54, 1.807) is 23.0 Å². The number of aryl methyl sites for hydroxylation is 2. The van der Waals surface area contributed by atoms with Gasteiger partial charge < -0.3 is 16.0 Å². The van der Waals surface area contributed by atoms with Crippen LogP contribution in [0.5, 0.6) is 0 Å². The largest absolute Gasteiger partial charge is 0.368 e. The van der Waals surface area contributed by atoms with Crippen molar-refractivity contribution in [3.8, 4) is 5.69 Å². The van der Waals surface area contributed by atoms with Crippen LogP contribution in [0, 0.1) is 13.8 Å². The van der Waals surface area contributed by atoms with Crippen molar-refractivity contribution in [3.05, 3.63) is 70.9 Å². The molecule has 2 aliphatic heterocycles. The molecular formula is C23H21N5O3. The van der Waals surface area contributed by atoms with Crippen LogP contribution in [-0.4, -0.2) is 34.0 Å². The lowest BCUT2D eigenvalue weighted by molar-refractivity contribution is -0.127. The molecule has 0 saturated carbocycles. The Hall–Kier alpha value is -3.94. The van der Waals surface area contributed by atoms with Gasteiger partial charge in [0, 0.05) is 17.7 Å². The molecule has 1 aromatic heterocycles. The molecule has 3 N–H and O–H groups in total. The minimum atomic E-state index is -1.25. The Balaban J connectivity index is 1.75. The molecule has 156 valence electrons. The second-order valence-corrected chi connectivity index (χ2v) is 8.17. The average Bonchev–Trinajstić information content (AvgIpc) is 3.22. The molecule has 1 atom stereocenters. The van der Waals surface area contributed by atoms with Crippen LogP contribution >= 0.6 is 0 Å². The topological polar surface area (TPSA) is 110 Å². The number of benzene rings is 2. The Labute approximate surface area is 178 Å². The van der Waals surface area contributed by atoms with Crippen molar-refractivity contribution in [3.63, 3.8) is 0 Å². The van der Waals surface area contributed by atoms with Crippen LogP contribution in [0.15, 0.2) is 48.7 Å². The Kier molecular flexibility index (Phi) is 4.01. The van der Waals surface area contributed by atoms with Crippen molar-refractivity contribution in [1.82, 2.24) is 9.78 Å². The summed E-state index contributed by atoms with van der Waals surface area (Å²) in [6.07, 6.45) is 1.57. The molecule has 0 fully saturated rings. The molecule has 0 saturated heterocycles. The number of hydrogen-bond acceptors (Lipinski definition) is 4. The summed E-state index contributed by atoms with van der Waals surface area (Å²) in [4.78, 5) is 39.7. The van der Waals surface area contributed by atoms with Gasteiger partial charge in [0.2, 0.25) is 17.7 Å². The molecule has 0 bridgehead atoms. The van der Waals surface area contributed by atoms with Crippen LogP contribution in [0.2, 0.25) is 0 Å². The molecule has 31 heavy (non-hydrogen) atoms. The molecule has 0 aliphatic carbocycles. The van der Waals surface area contributed by atoms with Crippen LogP contribution in [0.3, 0.4) is 0 Å². The number of anilines is 2. The Morgan fingerprint density at radius 1 is 1.13 bits per heavy atom. The van der Waals surface area contributed by atoms with Crippen LogP contribution in [-0.2, 0) is 19.8 Å². The van der Waals surface area contributed by atoms with E-state index in [1.807, 2.05) is 38.1 Å². The number of aromatic nitrogens is 2. The number of carbonyl (C=O) groups is 3. The highest BCUT2D eigenvalue weighted by molar-refractivity contribution is 6.17. The first kappa shape index (κ1) is 19.0. The van der Waals surface area contributed by atoms with Gasteiger partial charge in [-0.05, 0) is 48.7 Å². The van der Waals surface area contributed by atoms with Crippen LogP contribution in [0.4, 0.5) is 11.5 Å². The van der Waals surface area contributed by atoms with Gasteiger partial charge >= 0.3 is 0 Å². The number of amides is 3. The van der Waals surface area contributed by atoms with E-state index in [9.17, 15) is 14.4 Å². The summed E-state index contributed by atoms with van der Waals surface area (Å²) < 4.78 is 1.65. The number of para-hydroxylation sites is 1. The highest BCUT2D eigenvalue weighted by Crippen LogP contribution is 2.52. The SMILES string of the molecule is Cc1cc(C)cc(-n2ncc3c2NC(=O)C[C@@]32C(=O)N(CC(N)=O)c3ccccc32)c1. The minimum Gasteiger partial charge on any atom is -0.368 e. The summed E-state index contributed by atoms with van der Waals surface area (Å²) in [6, 6.07) is 13.2. The Morgan fingerprint density at radius 2 is 1.84 bits per heavy atom. The van der Waals surface area contributed by atoms with Crippen molar-refractivity contribution < 1.29 is 14.4 Å². The summed E-state index contributed by atoms with van der Waals surface area (Å²) in [5, 5.41) is 7.44. The van der Waals surface area contributed by atoms with E-state index in [0.29, 0.717) is 22.6 Å². The number of nitrogens with zero attached hydrogens (tertiary/aromatic N) is 3. The fraction of sp³-hybridized carbons (Fsp3) is 0.217. The number of carbonyl (C=O) groups excluding carboxylic acids is 3. The normalized spacial score (nSPS) is 19.4. The van der Waals surface area contributed by atoms with Gasteiger partial charge in [-0.15, -0.1) is 0 Å². The number of fused-ring (bicyclic) bond motifs is 4. The summed E-state index contributed by atoms with van der Waals surface area (Å²) in [7, 11) is 0. The van der Waals surface area contributed by atoms with Gasteiger partial charge in [-0.3, -0.25) is 14.4 Å². The van der Waals surface area contributed by atoms with Gasteiger partial charge in [-0.25, -0.2) is 4.68 Å². The van der Waals surface area contributed by atoms with Crippen molar-refractivity contribution in [1.29, 1.82) is 0 Å². The fourth-order valence-electron chi connectivity index (χ4n) is 4.83. The minimum absolute atomic E-state index is 0.0658. The molecule has 1 spiro atoms. The lowest BCUT2D eigenvalue weighted by Crippen LogP contribution is -2.48. The second kappa shape index (κ2) is 6.53. The summed E-state index contributed by atoms with van der Waals surface area (Å²) >= 11 is 0. The third-order valence-electron chi connectivity index (χ3n) is 5.94. The molecular weight excluding hydrogens is 394 g/mol. The monoisotopic (exact) mass is 415 g/mol. The zero-order chi connectivity index (χ0) is 21.9. The maximum atomic E-state index is 13.7. The average molecular weight is 415 g/mol. The molecule has 2 aliphatic rings. The van der Waals surface area contributed by atoms with Crippen molar-refractivity contribution in [2.45, 2.75) is 25.7 Å². The molecule has 8 nitrogen and oxygen atoms in total. The van der Waals surface area contributed by atoms with Crippen LogP contribution in [0.25, 0.3) is 5.69 Å². The highest BCUT2D eigenvalue weighted by atomic mass is 16.2. The molecule has 8 heteroatoms. The zero-order valence-corrected chi connectivity index (χ0v) is 17.2. The fourth-order valence-corrected chi connectivity index (χ4v) is 4.83. The van der Waals surface area contributed by atoms with E-state index in [-0.39, 0.29) is 24.8 Å². The predicted octanol–water partition coefficient (Wildman–Crippen LogP) is 1.95. The molecule has 3 amide bonds. The quantitative estimate of drug-likeness (QED) is 0.681. The van der Waals surface area contributed by atoms with Crippen LogP contribution in [0.1, 0.15) is 28.7 Å². The lowest BCUT2D eigenvalue weighted by Gasteiger charge is -2.32. The van der Waals surface area contributed by atoms with Gasteiger partial charge in [0.05, 0.1) is 11.9 Å². The Morgan fingerprint density at radius 3 is 2.55 bits per heavy atom. The second-order valence-electron chi connectivity index (χ2n) is 8.17. The number of primary amides is 1. The van der Waals surface area contributed by atoms with Crippen molar-refractivity contribution in [2.75, 3.05) is 16.8 Å². The standard InChI is InChI=1S/C23H21N5O3/c1-13-7-14(2)9-15(8-13)28-21-17(11-25-28)23(10-20(30)26-21)16-5-3-4-6-18(16)27(22(23)31)12-19(24)29/h3-9,11H,10,12H2,1-2H3,(H2,24,29)(H,26,30)/t23-/m0/s1. The number of nitrogens with two attached hydrogens (primary N) is 1. The zero-order valence-electron chi connectivity index (χ0n) is 17.2. The predicted molar refractivity (Wildman–Crippen MR) is 115 cm³/mol. The first-order chi connectivity index (χ1) is 14.8. The Bertz CT molecular complexity index is 1260. The van der Waals surface area contributed by atoms with E-state index >= 15 is 0 Å². The van der Waals surface area contributed by atoms with Gasteiger partial charge in [0.15, 0.2) is 0 Å². The van der Waals surface area contributed by atoms with Gasteiger partial charge in [0.1, 0.15) is 17.8 Å². The van der Waals surface area contributed by atoms with Gasteiger partial charge in [-0.2, -0.15) is 5.10 Å². The van der Waals surface area contributed by atoms with E-state index in [1.165, 1.54) is 4.90 Å². The van der Waals surface area contributed by atoms with Crippen LogP contribution < -0.4 is 16.0 Å². The third kappa shape index (κ3) is 2.68. The van der Waals surface area contributed by atoms with E-state index in [2.05, 4.69) is 16.5 Å². The first-order valence-corrected chi connectivity index (χ1v) is 9.98. The van der Waals surface area contributed by atoms with E-state index in [4.69, 9.17) is 5.73 Å². The highest BCUT2D eigenvalue weighted by Gasteiger charge is 2.57. The van der Waals surface area contributed by atoms with Crippen molar-refractivity contribution >= 4 is 29.2 Å². The molecule has 0 unspecified atom stereocenters. The lowest BCUT2D eigenvalue weighted by atomic mass is 9.72. The molecule has 0 radical (unpaired) electrons.